The molecule has 1 aromatic carbocycles. The minimum atomic E-state index is -0.591. The largest absolute Gasteiger partial charge is 0.389 e. The van der Waals surface area contributed by atoms with Gasteiger partial charge in [-0.1, -0.05) is 19.1 Å². The van der Waals surface area contributed by atoms with Crippen molar-refractivity contribution in [1.29, 1.82) is 0 Å². The van der Waals surface area contributed by atoms with E-state index in [-0.39, 0.29) is 36.6 Å². The minimum absolute atomic E-state index is 0.0177. The fourth-order valence-corrected chi connectivity index (χ4v) is 4.04. The van der Waals surface area contributed by atoms with Crippen LogP contribution in [0.1, 0.15) is 38.2 Å². The highest BCUT2D eigenvalue weighted by Gasteiger charge is 2.38. The number of rotatable bonds is 6. The molecule has 2 heterocycles. The number of hydrogen-bond acceptors (Lipinski definition) is 5. The third kappa shape index (κ3) is 5.98. The van der Waals surface area contributed by atoms with Crippen molar-refractivity contribution >= 4 is 5.91 Å². The van der Waals surface area contributed by atoms with Crippen molar-refractivity contribution in [3.63, 3.8) is 0 Å². The molecule has 2 aliphatic heterocycles. The molecule has 2 N–H and O–H groups in total. The zero-order chi connectivity index (χ0) is 19.9. The van der Waals surface area contributed by atoms with E-state index in [1.54, 1.807) is 6.07 Å². The van der Waals surface area contributed by atoms with Crippen molar-refractivity contribution in [3.8, 4) is 0 Å². The number of nitrogens with one attached hydrogen (secondary N) is 1. The molecule has 28 heavy (non-hydrogen) atoms. The molecule has 1 aromatic rings. The number of nitrogens with zero attached hydrogens (tertiary/aromatic N) is 1. The van der Waals surface area contributed by atoms with Gasteiger partial charge in [0.2, 0.25) is 5.91 Å². The highest BCUT2D eigenvalue weighted by Crippen LogP contribution is 2.28. The Bertz CT molecular complexity index is 645. The zero-order valence-corrected chi connectivity index (χ0v) is 16.5. The van der Waals surface area contributed by atoms with Gasteiger partial charge in [-0.05, 0) is 37.0 Å². The number of β-amino-alcohol motifs (C(OH)–C–C–N with tert-alkyl or cyclic N) is 1. The number of fused-ring (bicyclic) bond motifs is 1. The first-order valence-corrected chi connectivity index (χ1v) is 10.2. The Morgan fingerprint density at radius 2 is 2.21 bits per heavy atom. The summed E-state index contributed by atoms with van der Waals surface area (Å²) in [6.45, 7) is 4.32. The Morgan fingerprint density at radius 1 is 1.36 bits per heavy atom. The Labute approximate surface area is 166 Å². The van der Waals surface area contributed by atoms with E-state index in [4.69, 9.17) is 9.47 Å². The van der Waals surface area contributed by atoms with Gasteiger partial charge in [0, 0.05) is 25.7 Å². The Hall–Kier alpha value is -1.54. The smallest absolute Gasteiger partial charge is 0.222 e. The van der Waals surface area contributed by atoms with Crippen LogP contribution < -0.4 is 5.32 Å². The molecule has 2 fully saturated rings. The second-order valence-corrected chi connectivity index (χ2v) is 7.75. The van der Waals surface area contributed by atoms with Gasteiger partial charge in [-0.25, -0.2) is 4.39 Å². The normalized spacial score (nSPS) is 28.8. The number of benzene rings is 1. The van der Waals surface area contributed by atoms with Crippen LogP contribution in [0, 0.1) is 5.82 Å². The number of hydrogen-bond donors (Lipinski definition) is 2. The second kappa shape index (κ2) is 10.3. The predicted molar refractivity (Wildman–Crippen MR) is 103 cm³/mol. The molecule has 0 aromatic heterocycles. The minimum Gasteiger partial charge on any atom is -0.389 e. The Balaban J connectivity index is 1.65. The lowest BCUT2D eigenvalue weighted by Crippen LogP contribution is -2.55. The van der Waals surface area contributed by atoms with Crippen LogP contribution in [-0.4, -0.2) is 66.6 Å². The van der Waals surface area contributed by atoms with Gasteiger partial charge in [-0.3, -0.25) is 9.69 Å². The quantitative estimate of drug-likeness (QED) is 0.771. The van der Waals surface area contributed by atoms with Crippen LogP contribution in [0.2, 0.25) is 0 Å². The third-order valence-corrected chi connectivity index (χ3v) is 5.35. The first kappa shape index (κ1) is 21.2. The molecule has 0 aliphatic carbocycles. The Morgan fingerprint density at radius 3 is 3.00 bits per heavy atom. The van der Waals surface area contributed by atoms with Crippen molar-refractivity contribution in [3.05, 3.63) is 35.6 Å². The summed E-state index contributed by atoms with van der Waals surface area (Å²) < 4.78 is 25.4. The lowest BCUT2D eigenvalue weighted by molar-refractivity contribution is -0.158. The SMILES string of the molecule is CCCNC(=O)C[C@H]1CC[C@@H]2[C@H](COC[C@@H](O)CN2Cc2cccc(F)c2)O1. The standard InChI is InChI=1S/C21H31FN2O4/c1-2-8-23-21(26)10-18-6-7-19-20(28-18)14-27-13-17(25)12-24(19)11-15-4-3-5-16(22)9-15/h3-5,9,17-20,25H,2,6-8,10-14H2,1H3,(H,23,26)/t17-,18+,19+,20-/m0/s1. The average Bonchev–Trinajstić information content (AvgIpc) is 2.65. The average molecular weight is 394 g/mol. The van der Waals surface area contributed by atoms with Crippen LogP contribution in [0.4, 0.5) is 4.39 Å². The molecule has 6 nitrogen and oxygen atoms in total. The number of aliphatic hydroxyl groups is 1. The van der Waals surface area contributed by atoms with Crippen LogP contribution >= 0.6 is 0 Å². The van der Waals surface area contributed by atoms with Gasteiger partial charge in [-0.15, -0.1) is 0 Å². The number of carbonyl (C=O) groups excluding carboxylic acids is 1. The number of aliphatic hydroxyl groups excluding tert-OH is 1. The molecular weight excluding hydrogens is 363 g/mol. The number of ether oxygens (including phenoxy) is 2. The summed E-state index contributed by atoms with van der Waals surface area (Å²) >= 11 is 0. The molecule has 4 atom stereocenters. The van der Waals surface area contributed by atoms with Gasteiger partial charge in [0.05, 0.1) is 37.9 Å². The maximum Gasteiger partial charge on any atom is 0.222 e. The molecule has 1 amide bonds. The molecule has 0 saturated carbocycles. The zero-order valence-electron chi connectivity index (χ0n) is 16.5. The summed E-state index contributed by atoms with van der Waals surface area (Å²) in [4.78, 5) is 14.2. The molecule has 2 saturated heterocycles. The Kier molecular flexibility index (Phi) is 7.79. The monoisotopic (exact) mass is 394 g/mol. The van der Waals surface area contributed by atoms with E-state index >= 15 is 0 Å². The maximum atomic E-state index is 13.6. The van der Waals surface area contributed by atoms with E-state index in [9.17, 15) is 14.3 Å². The van der Waals surface area contributed by atoms with Gasteiger partial charge in [0.25, 0.3) is 0 Å². The molecule has 7 heteroatoms. The van der Waals surface area contributed by atoms with Gasteiger partial charge >= 0.3 is 0 Å². The molecular formula is C21H31FN2O4. The summed E-state index contributed by atoms with van der Waals surface area (Å²) in [6.07, 6.45) is 2.01. The lowest BCUT2D eigenvalue weighted by Gasteiger charge is -2.44. The number of halogens is 1. The number of carbonyl (C=O) groups is 1. The van der Waals surface area contributed by atoms with Gasteiger partial charge in [-0.2, -0.15) is 0 Å². The summed E-state index contributed by atoms with van der Waals surface area (Å²) in [5.41, 5.74) is 0.869. The molecule has 3 rings (SSSR count). The topological polar surface area (TPSA) is 71.0 Å². The fourth-order valence-electron chi connectivity index (χ4n) is 4.04. The van der Waals surface area contributed by atoms with Crippen LogP contribution in [0.5, 0.6) is 0 Å². The molecule has 0 spiro atoms. The molecule has 0 bridgehead atoms. The van der Waals surface area contributed by atoms with Gasteiger partial charge in [0.15, 0.2) is 0 Å². The predicted octanol–water partition coefficient (Wildman–Crippen LogP) is 1.85. The lowest BCUT2D eigenvalue weighted by atomic mass is 9.94. The molecule has 0 unspecified atom stereocenters. The van der Waals surface area contributed by atoms with E-state index in [0.29, 0.717) is 32.7 Å². The van der Waals surface area contributed by atoms with Crippen molar-refractivity contribution in [2.75, 3.05) is 26.3 Å². The summed E-state index contributed by atoms with van der Waals surface area (Å²) in [5, 5.41) is 13.1. The van der Waals surface area contributed by atoms with E-state index in [1.807, 2.05) is 13.0 Å². The van der Waals surface area contributed by atoms with E-state index < -0.39 is 6.10 Å². The van der Waals surface area contributed by atoms with Crippen LogP contribution in [0.25, 0.3) is 0 Å². The van der Waals surface area contributed by atoms with Gasteiger partial charge in [0.1, 0.15) is 5.82 Å². The van der Waals surface area contributed by atoms with Crippen molar-refractivity contribution in [1.82, 2.24) is 10.2 Å². The fraction of sp³-hybridized carbons (Fsp3) is 0.667. The first-order chi connectivity index (χ1) is 13.5. The highest BCUT2D eigenvalue weighted by molar-refractivity contribution is 5.76. The number of amides is 1. The van der Waals surface area contributed by atoms with Crippen LogP contribution in [0.15, 0.2) is 24.3 Å². The van der Waals surface area contributed by atoms with Crippen molar-refractivity contribution in [2.24, 2.45) is 0 Å². The summed E-state index contributed by atoms with van der Waals surface area (Å²) in [6, 6.07) is 6.62. The molecule has 0 radical (unpaired) electrons. The highest BCUT2D eigenvalue weighted by atomic mass is 19.1. The third-order valence-electron chi connectivity index (χ3n) is 5.35. The maximum absolute atomic E-state index is 13.6. The van der Waals surface area contributed by atoms with E-state index in [0.717, 1.165) is 24.8 Å². The summed E-state index contributed by atoms with van der Waals surface area (Å²) in [5.74, 6) is -0.243. The molecule has 156 valence electrons. The van der Waals surface area contributed by atoms with Crippen LogP contribution in [0.3, 0.4) is 0 Å². The van der Waals surface area contributed by atoms with Crippen molar-refractivity contribution < 1.29 is 23.8 Å². The molecule has 2 aliphatic rings. The van der Waals surface area contributed by atoms with Gasteiger partial charge < -0.3 is 19.9 Å². The van der Waals surface area contributed by atoms with E-state index in [1.165, 1.54) is 12.1 Å². The summed E-state index contributed by atoms with van der Waals surface area (Å²) in [7, 11) is 0. The second-order valence-electron chi connectivity index (χ2n) is 7.75. The van der Waals surface area contributed by atoms with Crippen LogP contribution in [-0.2, 0) is 20.8 Å². The van der Waals surface area contributed by atoms with Crippen molar-refractivity contribution in [2.45, 2.75) is 63.5 Å². The van der Waals surface area contributed by atoms with E-state index in [2.05, 4.69) is 10.2 Å². The first-order valence-electron chi connectivity index (χ1n) is 10.2.